The molecule has 0 saturated heterocycles. The first-order valence-electron chi connectivity index (χ1n) is 7.33. The molecule has 5 heteroatoms. The van der Waals surface area contributed by atoms with Gasteiger partial charge >= 0.3 is 0 Å². The highest BCUT2D eigenvalue weighted by Gasteiger charge is 2.64. The van der Waals surface area contributed by atoms with Crippen LogP contribution in [0.3, 0.4) is 0 Å². The van der Waals surface area contributed by atoms with Gasteiger partial charge in [0.1, 0.15) is 0 Å². The molecule has 3 N–H and O–H groups in total. The topological polar surface area (TPSA) is 72.2 Å². The van der Waals surface area contributed by atoms with Crippen LogP contribution in [-0.2, 0) is 16.6 Å². The summed E-state index contributed by atoms with van der Waals surface area (Å²) in [6.45, 7) is 11.4. The van der Waals surface area contributed by atoms with Gasteiger partial charge in [-0.3, -0.25) is 0 Å². The van der Waals surface area contributed by atoms with E-state index in [9.17, 15) is 8.42 Å². The fourth-order valence-electron chi connectivity index (χ4n) is 3.18. The summed E-state index contributed by atoms with van der Waals surface area (Å²) in [5.41, 5.74) is 7.51. The second-order valence-electron chi connectivity index (χ2n) is 7.15. The van der Waals surface area contributed by atoms with Crippen molar-refractivity contribution in [1.29, 1.82) is 0 Å². The molecular formula is C16H26N2O2S. The predicted molar refractivity (Wildman–Crippen MR) is 85.3 cm³/mol. The summed E-state index contributed by atoms with van der Waals surface area (Å²) >= 11 is 0. The molecule has 4 nitrogen and oxygen atoms in total. The van der Waals surface area contributed by atoms with E-state index in [0.717, 1.165) is 11.1 Å². The molecule has 1 aromatic rings. The smallest absolute Gasteiger partial charge is 0.240 e. The van der Waals surface area contributed by atoms with Crippen LogP contribution in [0.15, 0.2) is 23.1 Å². The number of sulfonamides is 1. The zero-order valence-electron chi connectivity index (χ0n) is 13.5. The van der Waals surface area contributed by atoms with E-state index in [-0.39, 0.29) is 10.8 Å². The first-order valence-corrected chi connectivity index (χ1v) is 8.81. The number of aryl methyl sites for hydroxylation is 1. The van der Waals surface area contributed by atoms with Crippen molar-refractivity contribution < 1.29 is 8.42 Å². The quantitative estimate of drug-likeness (QED) is 0.877. The lowest BCUT2D eigenvalue weighted by molar-refractivity contribution is 0.457. The molecule has 0 unspecified atom stereocenters. The van der Waals surface area contributed by atoms with Crippen LogP contribution < -0.4 is 10.5 Å². The highest BCUT2D eigenvalue weighted by molar-refractivity contribution is 7.89. The van der Waals surface area contributed by atoms with Gasteiger partial charge in [0.2, 0.25) is 10.0 Å². The van der Waals surface area contributed by atoms with Crippen molar-refractivity contribution in [1.82, 2.24) is 4.72 Å². The monoisotopic (exact) mass is 310 g/mol. The van der Waals surface area contributed by atoms with E-state index in [1.165, 1.54) is 0 Å². The standard InChI is InChI=1S/C16H26N2O2S/c1-11-6-7-12(9-17)8-13(11)21(19,20)18-10-14-15(2,3)16(14,4)5/h6-8,14,18H,9-10,17H2,1-5H3. The summed E-state index contributed by atoms with van der Waals surface area (Å²) in [6.07, 6.45) is 0. The molecule has 0 aliphatic heterocycles. The Morgan fingerprint density at radius 1 is 1.19 bits per heavy atom. The van der Waals surface area contributed by atoms with Gasteiger partial charge in [0, 0.05) is 13.1 Å². The maximum absolute atomic E-state index is 12.5. The molecule has 0 bridgehead atoms. The van der Waals surface area contributed by atoms with Crippen molar-refractivity contribution in [2.24, 2.45) is 22.5 Å². The summed E-state index contributed by atoms with van der Waals surface area (Å²) < 4.78 is 27.8. The number of hydrogen-bond acceptors (Lipinski definition) is 3. The van der Waals surface area contributed by atoms with Crippen LogP contribution in [0.1, 0.15) is 38.8 Å². The van der Waals surface area contributed by atoms with Crippen molar-refractivity contribution in [2.75, 3.05) is 6.54 Å². The minimum atomic E-state index is -3.48. The van der Waals surface area contributed by atoms with Gasteiger partial charge in [-0.15, -0.1) is 0 Å². The predicted octanol–water partition coefficient (Wildman–Crippen LogP) is 2.41. The van der Waals surface area contributed by atoms with Crippen LogP contribution >= 0.6 is 0 Å². The van der Waals surface area contributed by atoms with Crippen molar-refractivity contribution in [3.63, 3.8) is 0 Å². The van der Waals surface area contributed by atoms with Crippen LogP contribution in [0.25, 0.3) is 0 Å². The zero-order valence-corrected chi connectivity index (χ0v) is 14.3. The molecule has 0 heterocycles. The molecule has 1 saturated carbocycles. The van der Waals surface area contributed by atoms with E-state index in [1.54, 1.807) is 13.0 Å². The van der Waals surface area contributed by atoms with Crippen LogP contribution in [-0.4, -0.2) is 15.0 Å². The van der Waals surface area contributed by atoms with Gasteiger partial charge in [0.15, 0.2) is 0 Å². The number of hydrogen-bond donors (Lipinski definition) is 2. The van der Waals surface area contributed by atoms with E-state index < -0.39 is 10.0 Å². The zero-order chi connectivity index (χ0) is 16.1. The van der Waals surface area contributed by atoms with Crippen LogP contribution in [0.4, 0.5) is 0 Å². The maximum atomic E-state index is 12.5. The molecule has 1 aliphatic rings. The molecule has 1 aromatic carbocycles. The molecule has 118 valence electrons. The van der Waals surface area contributed by atoms with Crippen molar-refractivity contribution >= 4 is 10.0 Å². The van der Waals surface area contributed by atoms with Crippen molar-refractivity contribution in [3.05, 3.63) is 29.3 Å². The summed E-state index contributed by atoms with van der Waals surface area (Å²) in [6, 6.07) is 5.34. The lowest BCUT2D eigenvalue weighted by Crippen LogP contribution is -2.28. The highest BCUT2D eigenvalue weighted by Crippen LogP contribution is 2.67. The Labute approximate surface area is 128 Å². The minimum absolute atomic E-state index is 0.170. The normalized spacial score (nSPS) is 20.5. The lowest BCUT2D eigenvalue weighted by atomic mass is 10.0. The average Bonchev–Trinajstić information content (AvgIpc) is 2.77. The number of nitrogens with one attached hydrogen (secondary N) is 1. The molecule has 21 heavy (non-hydrogen) atoms. The first kappa shape index (κ1) is 16.5. The number of rotatable bonds is 5. The van der Waals surface area contributed by atoms with Gasteiger partial charge in [-0.1, -0.05) is 39.8 Å². The Morgan fingerprint density at radius 3 is 2.24 bits per heavy atom. The Hall–Kier alpha value is -0.910. The minimum Gasteiger partial charge on any atom is -0.326 e. The van der Waals surface area contributed by atoms with Crippen LogP contribution in [0.2, 0.25) is 0 Å². The maximum Gasteiger partial charge on any atom is 0.240 e. The molecule has 1 aliphatic carbocycles. The third-order valence-corrected chi connectivity index (χ3v) is 7.14. The molecule has 2 rings (SSSR count). The SMILES string of the molecule is Cc1ccc(CN)cc1S(=O)(=O)NCC1C(C)(C)C1(C)C. The van der Waals surface area contributed by atoms with Gasteiger partial charge in [-0.2, -0.15) is 0 Å². The van der Waals surface area contributed by atoms with E-state index in [4.69, 9.17) is 5.73 Å². The number of nitrogens with two attached hydrogens (primary N) is 1. The van der Waals surface area contributed by atoms with Crippen LogP contribution in [0, 0.1) is 23.7 Å². The molecule has 0 spiro atoms. The van der Waals surface area contributed by atoms with Crippen molar-refractivity contribution in [2.45, 2.75) is 46.1 Å². The average molecular weight is 310 g/mol. The summed E-state index contributed by atoms with van der Waals surface area (Å²) in [5, 5.41) is 0. The summed E-state index contributed by atoms with van der Waals surface area (Å²) in [7, 11) is -3.48. The molecule has 1 fully saturated rings. The lowest BCUT2D eigenvalue weighted by Gasteiger charge is -2.11. The van der Waals surface area contributed by atoms with E-state index >= 15 is 0 Å². The molecule has 0 radical (unpaired) electrons. The van der Waals surface area contributed by atoms with Gasteiger partial charge in [-0.05, 0) is 40.9 Å². The first-order chi connectivity index (χ1) is 9.54. The number of benzene rings is 1. The van der Waals surface area contributed by atoms with Gasteiger partial charge in [0.25, 0.3) is 0 Å². The van der Waals surface area contributed by atoms with E-state index in [1.807, 2.05) is 12.1 Å². The second kappa shape index (κ2) is 5.07. The van der Waals surface area contributed by atoms with Gasteiger partial charge in [-0.25, -0.2) is 13.1 Å². The molecule has 0 aromatic heterocycles. The third-order valence-electron chi connectivity index (χ3n) is 5.57. The Bertz CT molecular complexity index is 634. The summed E-state index contributed by atoms with van der Waals surface area (Å²) in [4.78, 5) is 0.335. The fraction of sp³-hybridized carbons (Fsp3) is 0.625. The van der Waals surface area contributed by atoms with Gasteiger partial charge < -0.3 is 5.73 Å². The second-order valence-corrected chi connectivity index (χ2v) is 8.89. The Balaban J connectivity index is 2.17. The van der Waals surface area contributed by atoms with E-state index in [0.29, 0.717) is 23.9 Å². The van der Waals surface area contributed by atoms with Gasteiger partial charge in [0.05, 0.1) is 4.90 Å². The molecule has 0 atom stereocenters. The fourth-order valence-corrected chi connectivity index (χ4v) is 4.52. The Kier molecular flexibility index (Phi) is 3.98. The molecular weight excluding hydrogens is 284 g/mol. The summed E-state index contributed by atoms with van der Waals surface area (Å²) in [5.74, 6) is 0.359. The van der Waals surface area contributed by atoms with Crippen molar-refractivity contribution in [3.8, 4) is 0 Å². The third kappa shape index (κ3) is 2.74. The Morgan fingerprint density at radius 2 is 1.76 bits per heavy atom. The largest absolute Gasteiger partial charge is 0.326 e. The van der Waals surface area contributed by atoms with E-state index in [2.05, 4.69) is 32.4 Å². The van der Waals surface area contributed by atoms with Crippen LogP contribution in [0.5, 0.6) is 0 Å². The highest BCUT2D eigenvalue weighted by atomic mass is 32.2. The molecule has 0 amide bonds.